The van der Waals surface area contributed by atoms with Gasteiger partial charge in [0.25, 0.3) is 0 Å². The van der Waals surface area contributed by atoms with Crippen molar-refractivity contribution in [1.82, 2.24) is 0 Å². The van der Waals surface area contributed by atoms with Crippen LogP contribution in [-0.2, 0) is 28.7 Å². The summed E-state index contributed by atoms with van der Waals surface area (Å²) in [7, 11) is 1.27. The van der Waals surface area contributed by atoms with Crippen molar-refractivity contribution < 1.29 is 44.0 Å². The van der Waals surface area contributed by atoms with Crippen molar-refractivity contribution in [3.8, 4) is 0 Å². The lowest BCUT2D eigenvalue weighted by Crippen LogP contribution is -2.55. The standard InChI is InChI=1S/C41H64O9/c1-23(2)28-20-31(42)26(5)12-10-11-24(3)18-32(43)29-19-27(6)37-30(41(29,22-33(28)44)38(47)49-9)17-25(4)13-14-35(46)40(8)16-15-36(50-40)39(7,48)21-34(37)45/h17,23-24,26,28-30,34-36,45-46,48H,10-16,18-22H2,1-9H3/b25-17+/t24-,26+,28-,29+,30-,34+,35+,36+,39-,40+,41+/m0/s1. The molecule has 282 valence electrons. The van der Waals surface area contributed by atoms with Crippen molar-refractivity contribution in [3.63, 3.8) is 0 Å². The van der Waals surface area contributed by atoms with Gasteiger partial charge in [-0.25, -0.2) is 0 Å². The number of allylic oxidation sites excluding steroid dienone is 3. The molecule has 50 heavy (non-hydrogen) atoms. The smallest absolute Gasteiger partial charge is 0.313 e. The van der Waals surface area contributed by atoms with Crippen LogP contribution in [0.3, 0.4) is 0 Å². The van der Waals surface area contributed by atoms with E-state index in [2.05, 4.69) is 0 Å². The molecule has 0 radical (unpaired) electrons. The SMILES string of the molecule is COC(=O)[C@]12CC(=O)[C@H](C(C)C)CC(=O)[C@H](C)CCC[C@H](C)CC(=O)[C@H]1CC(C)=C1[C@H](O)C[C@](C)(O)[C@H]3CC[C@@](C)(O3)[C@H](O)CC/C(C)=C/[C@@H]12. The molecule has 11 atom stereocenters. The summed E-state index contributed by atoms with van der Waals surface area (Å²) in [4.78, 5) is 57.4. The van der Waals surface area contributed by atoms with Gasteiger partial charge in [0, 0.05) is 49.4 Å². The highest BCUT2D eigenvalue weighted by molar-refractivity contribution is 5.97. The van der Waals surface area contributed by atoms with Crippen molar-refractivity contribution in [2.45, 2.75) is 162 Å². The van der Waals surface area contributed by atoms with Crippen LogP contribution in [0.15, 0.2) is 22.8 Å². The number of hydrogen-bond acceptors (Lipinski definition) is 9. The number of fused-ring (bicyclic) bond motifs is 5. The van der Waals surface area contributed by atoms with Crippen molar-refractivity contribution >= 4 is 23.3 Å². The van der Waals surface area contributed by atoms with E-state index < -0.39 is 58.7 Å². The van der Waals surface area contributed by atoms with Crippen LogP contribution in [0.5, 0.6) is 0 Å². The van der Waals surface area contributed by atoms with Gasteiger partial charge >= 0.3 is 5.97 Å². The van der Waals surface area contributed by atoms with Crippen LogP contribution in [0.2, 0.25) is 0 Å². The van der Waals surface area contributed by atoms with Crippen LogP contribution in [0.1, 0.15) is 132 Å². The molecule has 9 nitrogen and oxygen atoms in total. The maximum absolute atomic E-state index is 14.7. The number of Topliss-reactive ketones (excluding diaryl/α,β-unsaturated/α-hetero) is 3. The van der Waals surface area contributed by atoms with Gasteiger partial charge < -0.3 is 24.8 Å². The van der Waals surface area contributed by atoms with Crippen LogP contribution in [0, 0.1) is 40.9 Å². The third kappa shape index (κ3) is 8.21. The fraction of sp³-hybridized carbons (Fsp3) is 0.805. The summed E-state index contributed by atoms with van der Waals surface area (Å²) in [6.45, 7) is 15.0. The van der Waals surface area contributed by atoms with Gasteiger partial charge in [-0.2, -0.15) is 0 Å². The van der Waals surface area contributed by atoms with E-state index in [0.717, 1.165) is 24.0 Å². The van der Waals surface area contributed by atoms with Crippen molar-refractivity contribution in [2.75, 3.05) is 7.11 Å². The summed E-state index contributed by atoms with van der Waals surface area (Å²) in [5.41, 5.74) is -1.96. The molecule has 0 aromatic carbocycles. The van der Waals surface area contributed by atoms with Crippen molar-refractivity contribution in [2.24, 2.45) is 40.9 Å². The van der Waals surface area contributed by atoms with Gasteiger partial charge in [-0.05, 0) is 83.6 Å². The second kappa shape index (κ2) is 15.8. The molecule has 0 amide bonds. The van der Waals surface area contributed by atoms with E-state index in [4.69, 9.17) is 9.47 Å². The van der Waals surface area contributed by atoms with Crippen LogP contribution in [0.4, 0.5) is 0 Å². The normalized spacial score (nSPS) is 42.7. The van der Waals surface area contributed by atoms with Gasteiger partial charge in [0.2, 0.25) is 0 Å². The first-order valence-corrected chi connectivity index (χ1v) is 19.1. The summed E-state index contributed by atoms with van der Waals surface area (Å²) < 4.78 is 11.9. The highest BCUT2D eigenvalue weighted by Crippen LogP contribution is 2.56. The average Bonchev–Trinajstić information content (AvgIpc) is 3.45. The lowest BCUT2D eigenvalue weighted by molar-refractivity contribution is -0.169. The Kier molecular flexibility index (Phi) is 12.8. The monoisotopic (exact) mass is 700 g/mol. The molecule has 2 aliphatic carbocycles. The number of aliphatic hydroxyl groups excluding tert-OH is 2. The predicted molar refractivity (Wildman–Crippen MR) is 191 cm³/mol. The molecule has 4 rings (SSSR count). The molecule has 2 aliphatic heterocycles. The van der Waals surface area contributed by atoms with E-state index in [9.17, 15) is 34.5 Å². The van der Waals surface area contributed by atoms with Gasteiger partial charge in [-0.3, -0.25) is 19.2 Å². The maximum Gasteiger partial charge on any atom is 0.313 e. The molecule has 0 spiro atoms. The minimum atomic E-state index is -1.70. The number of carbonyl (C=O) groups excluding carboxylic acids is 4. The first kappa shape index (κ1) is 40.6. The highest BCUT2D eigenvalue weighted by Gasteiger charge is 2.60. The largest absolute Gasteiger partial charge is 0.469 e. The molecule has 3 N–H and O–H groups in total. The zero-order valence-corrected chi connectivity index (χ0v) is 32.0. The summed E-state index contributed by atoms with van der Waals surface area (Å²) in [5.74, 6) is -3.92. The van der Waals surface area contributed by atoms with E-state index >= 15 is 0 Å². The Morgan fingerprint density at radius 1 is 0.960 bits per heavy atom. The Labute approximate surface area is 299 Å². The summed E-state index contributed by atoms with van der Waals surface area (Å²) in [6, 6.07) is 0. The molecule has 2 bridgehead atoms. The zero-order valence-electron chi connectivity index (χ0n) is 32.0. The Hall–Kier alpha value is -2.20. The number of ketones is 3. The number of carbonyl (C=O) groups is 4. The second-order valence-electron chi connectivity index (χ2n) is 17.4. The highest BCUT2D eigenvalue weighted by atomic mass is 16.5. The Bertz CT molecular complexity index is 1360. The van der Waals surface area contributed by atoms with Gasteiger partial charge in [-0.15, -0.1) is 0 Å². The molecule has 0 aromatic rings. The number of ether oxygens (including phenoxy) is 2. The van der Waals surface area contributed by atoms with Crippen molar-refractivity contribution in [1.29, 1.82) is 0 Å². The molecule has 0 unspecified atom stereocenters. The quantitative estimate of drug-likeness (QED) is 0.225. The third-order valence-electron chi connectivity index (χ3n) is 13.0. The average molecular weight is 701 g/mol. The van der Waals surface area contributed by atoms with Crippen molar-refractivity contribution in [3.05, 3.63) is 22.8 Å². The minimum absolute atomic E-state index is 0.00387. The molecule has 0 aromatic heterocycles. The van der Waals surface area contributed by atoms with E-state index in [1.807, 2.05) is 54.5 Å². The number of rotatable bonds is 2. The summed E-state index contributed by atoms with van der Waals surface area (Å²) in [6.07, 6.45) is 3.32. The molecule has 4 aliphatic rings. The first-order chi connectivity index (χ1) is 23.3. The Balaban J connectivity index is 1.98. The molecular weight excluding hydrogens is 636 g/mol. The van der Waals surface area contributed by atoms with Crippen LogP contribution in [0.25, 0.3) is 0 Å². The molecular formula is C41H64O9. The fourth-order valence-corrected chi connectivity index (χ4v) is 9.56. The first-order valence-electron chi connectivity index (χ1n) is 19.1. The van der Waals surface area contributed by atoms with Gasteiger partial charge in [0.15, 0.2) is 0 Å². The van der Waals surface area contributed by atoms with E-state index in [1.165, 1.54) is 7.11 Å². The molecule has 1 saturated carbocycles. The second-order valence-corrected chi connectivity index (χ2v) is 17.4. The summed E-state index contributed by atoms with van der Waals surface area (Å²) >= 11 is 0. The topological polar surface area (TPSA) is 147 Å². The van der Waals surface area contributed by atoms with E-state index in [-0.39, 0.29) is 67.2 Å². The Morgan fingerprint density at radius 2 is 1.64 bits per heavy atom. The van der Waals surface area contributed by atoms with E-state index in [1.54, 1.807) is 6.92 Å². The summed E-state index contributed by atoms with van der Waals surface area (Å²) in [5, 5.41) is 35.4. The lowest BCUT2D eigenvalue weighted by atomic mass is 9.52. The van der Waals surface area contributed by atoms with E-state index in [0.29, 0.717) is 37.7 Å². The van der Waals surface area contributed by atoms with Crippen LogP contribution in [-0.4, -0.2) is 75.3 Å². The molecule has 2 fully saturated rings. The number of methoxy groups -OCH3 is 1. The lowest BCUT2D eigenvalue weighted by Gasteiger charge is -2.49. The molecule has 1 saturated heterocycles. The molecule has 2 heterocycles. The van der Waals surface area contributed by atoms with Gasteiger partial charge in [0.1, 0.15) is 17.3 Å². The number of aliphatic hydroxyl groups is 3. The minimum Gasteiger partial charge on any atom is -0.469 e. The predicted octanol–water partition coefficient (Wildman–Crippen LogP) is 6.25. The zero-order chi connectivity index (χ0) is 37.3. The van der Waals surface area contributed by atoms with Gasteiger partial charge in [-0.1, -0.05) is 57.8 Å². The van der Waals surface area contributed by atoms with Gasteiger partial charge in [0.05, 0.1) is 42.0 Å². The van der Waals surface area contributed by atoms with Crippen LogP contribution < -0.4 is 0 Å². The Morgan fingerprint density at radius 3 is 2.28 bits per heavy atom. The fourth-order valence-electron chi connectivity index (χ4n) is 9.56. The number of hydrogen-bond donors (Lipinski definition) is 3. The molecule has 9 heteroatoms. The third-order valence-corrected chi connectivity index (χ3v) is 13.0. The maximum atomic E-state index is 14.7. The number of esters is 1. The van der Waals surface area contributed by atoms with Crippen LogP contribution >= 0.6 is 0 Å².